The minimum absolute atomic E-state index is 0.197. The molecule has 1 atom stereocenters. The van der Waals surface area contributed by atoms with Gasteiger partial charge >= 0.3 is 6.03 Å². The van der Waals surface area contributed by atoms with Gasteiger partial charge < -0.3 is 9.47 Å². The molecule has 0 aliphatic rings. The summed E-state index contributed by atoms with van der Waals surface area (Å²) in [7, 11) is 1.61. The van der Waals surface area contributed by atoms with Gasteiger partial charge in [-0.15, -0.1) is 0 Å². The van der Waals surface area contributed by atoms with E-state index in [2.05, 4.69) is 30.9 Å². The van der Waals surface area contributed by atoms with Crippen LogP contribution in [0.5, 0.6) is 5.88 Å². The third kappa shape index (κ3) is 5.37. The number of carbonyl (C=O) groups is 1. The average molecular weight is 370 g/mol. The molecule has 0 spiro atoms. The van der Waals surface area contributed by atoms with Crippen LogP contribution in [0.2, 0.25) is 0 Å². The van der Waals surface area contributed by atoms with Crippen LogP contribution in [0, 0.1) is 6.92 Å². The summed E-state index contributed by atoms with van der Waals surface area (Å²) in [5.74, 6) is 0.631. The summed E-state index contributed by atoms with van der Waals surface area (Å²) in [6.07, 6.45) is -0.197. The Morgan fingerprint density at radius 1 is 1.22 bits per heavy atom. The van der Waals surface area contributed by atoms with Gasteiger partial charge in [0.05, 0.1) is 13.3 Å². The van der Waals surface area contributed by atoms with Gasteiger partial charge in [-0.25, -0.2) is 4.98 Å². The van der Waals surface area contributed by atoms with Gasteiger partial charge in [0.1, 0.15) is 11.8 Å². The van der Waals surface area contributed by atoms with Crippen LogP contribution in [0.3, 0.4) is 0 Å². The van der Waals surface area contributed by atoms with Gasteiger partial charge in [0.25, 0.3) is 5.88 Å². The van der Waals surface area contributed by atoms with E-state index in [1.165, 1.54) is 4.58 Å². The number of urea groups is 1. The molecule has 144 valence electrons. The minimum atomic E-state index is -0.363. The topological polar surface area (TPSA) is 63.5 Å². The average Bonchev–Trinajstić information content (AvgIpc) is 2.63. The third-order valence-electron chi connectivity index (χ3n) is 4.05. The number of methoxy groups -OCH3 is 1. The molecule has 1 aromatic carbocycles. The largest absolute Gasteiger partial charge is 0.501 e. The van der Waals surface area contributed by atoms with E-state index in [9.17, 15) is 4.79 Å². The van der Waals surface area contributed by atoms with Crippen molar-refractivity contribution in [1.29, 1.82) is 0 Å². The molecule has 6 heteroatoms. The van der Waals surface area contributed by atoms with Gasteiger partial charge in [-0.2, -0.15) is 14.7 Å². The van der Waals surface area contributed by atoms with Crippen molar-refractivity contribution < 1.29 is 18.8 Å². The molecule has 1 heterocycles. The van der Waals surface area contributed by atoms with E-state index in [4.69, 9.17) is 9.47 Å². The summed E-state index contributed by atoms with van der Waals surface area (Å²) in [6.45, 7) is 12.3. The van der Waals surface area contributed by atoms with Gasteiger partial charge in [-0.3, -0.25) is 0 Å². The van der Waals surface area contributed by atoms with Crippen molar-refractivity contribution in [3.05, 3.63) is 47.7 Å². The number of aryl methyl sites for hydroxylation is 1. The number of benzene rings is 1. The van der Waals surface area contributed by atoms with Crippen molar-refractivity contribution in [2.75, 3.05) is 19.0 Å². The molecule has 0 aliphatic heterocycles. The molecule has 2 amide bonds. The lowest BCUT2D eigenvalue weighted by Gasteiger charge is -2.15. The zero-order valence-electron chi connectivity index (χ0n) is 16.7. The quantitative estimate of drug-likeness (QED) is 0.576. The first kappa shape index (κ1) is 20.6. The maximum Gasteiger partial charge on any atom is 0.501 e. The highest BCUT2D eigenvalue weighted by Crippen LogP contribution is 2.28. The highest BCUT2D eigenvalue weighted by molar-refractivity contribution is 5.87. The van der Waals surface area contributed by atoms with E-state index in [1.54, 1.807) is 13.2 Å². The Balaban J connectivity index is 2.24. The summed E-state index contributed by atoms with van der Waals surface area (Å²) < 4.78 is 12.3. The molecule has 0 saturated carbocycles. The van der Waals surface area contributed by atoms with E-state index in [-0.39, 0.29) is 18.1 Å². The SMILES string of the molecule is C=[N+](C(=O)Nc1ccc(C)nc1O[C@@H](C)COC)c1ccccc1C(C)C. The fourth-order valence-electron chi connectivity index (χ4n) is 2.69. The Hall–Kier alpha value is -2.73. The number of anilines is 1. The van der Waals surface area contributed by atoms with Crippen LogP contribution in [0.15, 0.2) is 36.4 Å². The van der Waals surface area contributed by atoms with Crippen LogP contribution < -0.4 is 10.1 Å². The number of amides is 2. The molecule has 0 radical (unpaired) electrons. The number of pyridine rings is 1. The first-order valence-electron chi connectivity index (χ1n) is 8.97. The van der Waals surface area contributed by atoms with Crippen LogP contribution in [0.1, 0.15) is 37.9 Å². The number of rotatable bonds is 7. The Morgan fingerprint density at radius 2 is 1.93 bits per heavy atom. The number of para-hydroxylation sites is 1. The van der Waals surface area contributed by atoms with Crippen molar-refractivity contribution in [1.82, 2.24) is 4.98 Å². The molecular weight excluding hydrogens is 342 g/mol. The molecule has 0 bridgehead atoms. The Morgan fingerprint density at radius 3 is 2.59 bits per heavy atom. The zero-order valence-corrected chi connectivity index (χ0v) is 16.7. The standard InChI is InChI=1S/C21H27N3O3/c1-14(2)17-9-7-8-10-19(17)24(5)21(25)23-18-12-11-15(3)22-20(18)27-16(4)13-26-6/h7-12,14,16H,5,13H2,1-4,6H3/p+1/t16-/m0/s1. The van der Waals surface area contributed by atoms with E-state index < -0.39 is 0 Å². The van der Waals surface area contributed by atoms with Crippen molar-refractivity contribution in [3.8, 4) is 5.88 Å². The molecule has 2 rings (SSSR count). The lowest BCUT2D eigenvalue weighted by molar-refractivity contribution is -0.317. The van der Waals surface area contributed by atoms with Crippen molar-refractivity contribution >= 4 is 24.1 Å². The van der Waals surface area contributed by atoms with Gasteiger partial charge in [0.15, 0.2) is 5.69 Å². The first-order valence-corrected chi connectivity index (χ1v) is 8.97. The molecule has 0 fully saturated rings. The molecule has 2 aromatic rings. The summed E-state index contributed by atoms with van der Waals surface area (Å²) in [5.41, 5.74) is 3.10. The predicted octanol–water partition coefficient (Wildman–Crippen LogP) is 4.50. The smallest absolute Gasteiger partial charge is 0.469 e. The third-order valence-corrected chi connectivity index (χ3v) is 4.05. The summed E-state index contributed by atoms with van der Waals surface area (Å²) in [5, 5.41) is 2.85. The molecule has 0 saturated heterocycles. The molecule has 1 N–H and O–H groups in total. The zero-order chi connectivity index (χ0) is 20.0. The number of nitrogens with one attached hydrogen (secondary N) is 1. The number of ether oxygens (including phenoxy) is 2. The second-order valence-electron chi connectivity index (χ2n) is 6.76. The first-order chi connectivity index (χ1) is 12.8. The van der Waals surface area contributed by atoms with E-state index >= 15 is 0 Å². The Kier molecular flexibility index (Phi) is 7.07. The number of hydrogen-bond acceptors (Lipinski definition) is 4. The molecule has 0 unspecified atom stereocenters. The summed E-state index contributed by atoms with van der Waals surface area (Å²) >= 11 is 0. The molecular formula is C21H28N3O3+. The van der Waals surface area contributed by atoms with Crippen LogP contribution in [-0.4, -0.2) is 42.1 Å². The number of aromatic nitrogens is 1. The van der Waals surface area contributed by atoms with Crippen molar-refractivity contribution in [3.63, 3.8) is 0 Å². The summed E-state index contributed by atoms with van der Waals surface area (Å²) in [4.78, 5) is 17.2. The van der Waals surface area contributed by atoms with Crippen molar-refractivity contribution in [2.24, 2.45) is 0 Å². The maximum absolute atomic E-state index is 12.8. The molecule has 27 heavy (non-hydrogen) atoms. The number of hydrogen-bond donors (Lipinski definition) is 1. The Labute approximate surface area is 160 Å². The van der Waals surface area contributed by atoms with Gasteiger partial charge in [0.2, 0.25) is 0 Å². The monoisotopic (exact) mass is 370 g/mol. The van der Waals surface area contributed by atoms with Crippen LogP contribution in [0.4, 0.5) is 16.2 Å². The van der Waals surface area contributed by atoms with E-state index in [0.717, 1.165) is 16.9 Å². The van der Waals surface area contributed by atoms with Crippen LogP contribution in [-0.2, 0) is 4.74 Å². The molecule has 0 aliphatic carbocycles. The molecule has 1 aromatic heterocycles. The second-order valence-corrected chi connectivity index (χ2v) is 6.76. The normalized spacial score (nSPS) is 11.9. The second kappa shape index (κ2) is 9.28. The molecule has 6 nitrogen and oxygen atoms in total. The fourth-order valence-corrected chi connectivity index (χ4v) is 2.69. The summed E-state index contributed by atoms with van der Waals surface area (Å²) in [6, 6.07) is 11.0. The van der Waals surface area contributed by atoms with Gasteiger partial charge in [0, 0.05) is 18.4 Å². The van der Waals surface area contributed by atoms with Gasteiger partial charge in [-0.1, -0.05) is 32.0 Å². The van der Waals surface area contributed by atoms with E-state index in [1.807, 2.05) is 44.2 Å². The van der Waals surface area contributed by atoms with Gasteiger partial charge in [-0.05, 0) is 38.0 Å². The highest BCUT2D eigenvalue weighted by atomic mass is 16.5. The number of nitrogens with zero attached hydrogens (tertiary/aromatic N) is 2. The highest BCUT2D eigenvalue weighted by Gasteiger charge is 2.23. The lowest BCUT2D eigenvalue weighted by atomic mass is 10.0. The van der Waals surface area contributed by atoms with E-state index in [0.29, 0.717) is 18.2 Å². The van der Waals surface area contributed by atoms with Crippen LogP contribution in [0.25, 0.3) is 0 Å². The predicted molar refractivity (Wildman–Crippen MR) is 108 cm³/mol. The fraction of sp³-hybridized carbons (Fsp3) is 0.381. The van der Waals surface area contributed by atoms with Crippen molar-refractivity contribution in [2.45, 2.75) is 39.7 Å². The number of carbonyl (C=O) groups excluding carboxylic acids is 1. The maximum atomic E-state index is 12.8. The Bertz CT molecular complexity index is 818. The lowest BCUT2D eigenvalue weighted by Crippen LogP contribution is -2.24. The minimum Gasteiger partial charge on any atom is -0.469 e. The van der Waals surface area contributed by atoms with Crippen LogP contribution >= 0.6 is 0 Å².